The third kappa shape index (κ3) is 7.32. The van der Waals surface area contributed by atoms with Crippen molar-refractivity contribution < 1.29 is 9.94 Å². The zero-order valence-corrected chi connectivity index (χ0v) is 16.2. The molecule has 0 saturated carbocycles. The maximum atomic E-state index is 9.12. The topological polar surface area (TPSA) is 32.7 Å². The summed E-state index contributed by atoms with van der Waals surface area (Å²) in [6.07, 6.45) is 0. The van der Waals surface area contributed by atoms with Crippen molar-refractivity contribution in [3.63, 3.8) is 0 Å². The third-order valence-electron chi connectivity index (χ3n) is 3.03. The van der Waals surface area contributed by atoms with Crippen molar-refractivity contribution in [3.05, 3.63) is 53.6 Å². The van der Waals surface area contributed by atoms with Crippen molar-refractivity contribution >= 4 is 35.8 Å². The monoisotopic (exact) mass is 387 g/mol. The Balaban J connectivity index is 0.00000288. The van der Waals surface area contributed by atoms with Crippen LogP contribution in [-0.4, -0.2) is 29.9 Å². The van der Waals surface area contributed by atoms with Crippen LogP contribution in [0.3, 0.4) is 0 Å². The van der Waals surface area contributed by atoms with Crippen LogP contribution < -0.4 is 4.84 Å². The minimum absolute atomic E-state index is 0. The summed E-state index contributed by atoms with van der Waals surface area (Å²) in [4.78, 5) is 8.11. The highest BCUT2D eigenvalue weighted by Gasteiger charge is 2.09. The minimum atomic E-state index is 0. The van der Waals surface area contributed by atoms with Gasteiger partial charge in [0.1, 0.15) is 5.75 Å². The summed E-state index contributed by atoms with van der Waals surface area (Å²) in [5, 5.41) is 11.7. The van der Waals surface area contributed by atoms with Crippen molar-refractivity contribution in [2.75, 3.05) is 19.7 Å². The van der Waals surface area contributed by atoms with Crippen molar-refractivity contribution in [2.24, 2.45) is 5.92 Å². The molecule has 132 valence electrons. The Morgan fingerprint density at radius 2 is 1.58 bits per heavy atom. The molecule has 0 radical (unpaired) electrons. The summed E-state index contributed by atoms with van der Waals surface area (Å²) < 4.78 is 0. The summed E-state index contributed by atoms with van der Waals surface area (Å²) in [6.45, 7) is 5.61. The lowest BCUT2D eigenvalue weighted by Gasteiger charge is -2.23. The van der Waals surface area contributed by atoms with Gasteiger partial charge in [0, 0.05) is 21.4 Å². The zero-order valence-electron chi connectivity index (χ0n) is 13.8. The van der Waals surface area contributed by atoms with Crippen LogP contribution in [-0.2, 0) is 0 Å². The molecule has 0 fully saturated rings. The molecule has 0 aliphatic carbocycles. The quantitative estimate of drug-likeness (QED) is 0.634. The second-order valence-corrected chi connectivity index (χ2v) is 7.21. The third-order valence-corrected chi connectivity index (χ3v) is 4.29. The molecule has 2 aromatic rings. The first-order valence-corrected chi connectivity index (χ1v) is 8.83. The van der Waals surface area contributed by atoms with Crippen LogP contribution in [0.5, 0.6) is 5.75 Å². The molecule has 2 aromatic carbocycles. The molecular weight excluding hydrogens is 365 g/mol. The molecular formula is C18H23Cl2NO2S. The molecule has 0 bridgehead atoms. The van der Waals surface area contributed by atoms with Crippen LogP contribution in [0.4, 0.5) is 0 Å². The Kier molecular flexibility index (Phi) is 9.56. The molecule has 1 N–H and O–H groups in total. The Labute approximate surface area is 159 Å². The first kappa shape index (κ1) is 21.1. The van der Waals surface area contributed by atoms with E-state index in [-0.39, 0.29) is 19.0 Å². The van der Waals surface area contributed by atoms with Gasteiger partial charge >= 0.3 is 0 Å². The van der Waals surface area contributed by atoms with Crippen molar-refractivity contribution in [1.82, 2.24) is 5.06 Å². The van der Waals surface area contributed by atoms with Crippen molar-refractivity contribution in [1.29, 1.82) is 0 Å². The Morgan fingerprint density at radius 3 is 2.08 bits per heavy atom. The van der Waals surface area contributed by atoms with Crippen molar-refractivity contribution in [2.45, 2.75) is 23.6 Å². The highest BCUT2D eigenvalue weighted by molar-refractivity contribution is 7.99. The molecule has 0 heterocycles. The lowest BCUT2D eigenvalue weighted by atomic mass is 10.2. The average molecular weight is 388 g/mol. The van der Waals surface area contributed by atoms with E-state index in [1.807, 2.05) is 48.5 Å². The highest BCUT2D eigenvalue weighted by Crippen LogP contribution is 2.29. The largest absolute Gasteiger partial charge is 0.406 e. The molecule has 0 aliphatic rings. The molecule has 0 aromatic heterocycles. The van der Waals surface area contributed by atoms with Gasteiger partial charge in [-0.05, 0) is 54.4 Å². The number of hydrogen-bond donors (Lipinski definition) is 1. The molecule has 3 nitrogen and oxygen atoms in total. The maximum absolute atomic E-state index is 9.12. The number of hydroxylamine groups is 2. The summed E-state index contributed by atoms with van der Waals surface area (Å²) in [5.41, 5.74) is 0. The van der Waals surface area contributed by atoms with Crippen LogP contribution in [0.15, 0.2) is 58.3 Å². The number of nitrogens with zero attached hydrogens (tertiary/aromatic N) is 1. The Hall–Kier alpha value is -0.910. The van der Waals surface area contributed by atoms with Gasteiger partial charge in [-0.15, -0.1) is 17.5 Å². The van der Waals surface area contributed by atoms with Gasteiger partial charge in [-0.2, -0.15) is 0 Å². The molecule has 6 heteroatoms. The first-order valence-electron chi connectivity index (χ1n) is 7.64. The molecule has 0 amide bonds. The summed E-state index contributed by atoms with van der Waals surface area (Å²) >= 11 is 7.57. The summed E-state index contributed by atoms with van der Waals surface area (Å²) in [5.74, 6) is 1.25. The predicted octanol–water partition coefficient (Wildman–Crippen LogP) is 5.16. The fraction of sp³-hybridized carbons (Fsp3) is 0.333. The predicted molar refractivity (Wildman–Crippen MR) is 103 cm³/mol. The molecule has 0 aliphatic heterocycles. The van der Waals surface area contributed by atoms with Crippen LogP contribution in [0.2, 0.25) is 5.02 Å². The fourth-order valence-electron chi connectivity index (χ4n) is 2.05. The van der Waals surface area contributed by atoms with E-state index < -0.39 is 0 Å². The lowest BCUT2D eigenvalue weighted by molar-refractivity contribution is -0.0755. The fourth-order valence-corrected chi connectivity index (χ4v) is 2.99. The molecule has 0 unspecified atom stereocenters. The van der Waals surface area contributed by atoms with Crippen LogP contribution >= 0.6 is 35.8 Å². The lowest BCUT2D eigenvalue weighted by Crippen LogP contribution is -2.33. The summed E-state index contributed by atoms with van der Waals surface area (Å²) in [6, 6.07) is 15.7. The average Bonchev–Trinajstić information content (AvgIpc) is 2.51. The number of aliphatic hydroxyl groups excluding tert-OH is 1. The van der Waals surface area contributed by atoms with E-state index >= 15 is 0 Å². The van der Waals surface area contributed by atoms with Gasteiger partial charge in [0.2, 0.25) is 0 Å². The van der Waals surface area contributed by atoms with E-state index in [1.54, 1.807) is 16.8 Å². The molecule has 0 saturated heterocycles. The standard InChI is InChI=1S/C18H22ClNO2S.ClH/c1-14(2)13-20(11-12-21)22-16-5-9-18(10-6-16)23-17-7-3-15(19)4-8-17;/h3-10,14,21H,11-13H2,1-2H3;1H. The van der Waals surface area contributed by atoms with Gasteiger partial charge in [-0.3, -0.25) is 0 Å². The van der Waals surface area contributed by atoms with E-state index in [0.29, 0.717) is 12.5 Å². The van der Waals surface area contributed by atoms with Gasteiger partial charge in [0.25, 0.3) is 0 Å². The molecule has 0 atom stereocenters. The second-order valence-electron chi connectivity index (χ2n) is 5.62. The molecule has 2 rings (SSSR count). The van der Waals surface area contributed by atoms with Gasteiger partial charge in [0.15, 0.2) is 0 Å². The summed E-state index contributed by atoms with van der Waals surface area (Å²) in [7, 11) is 0. The SMILES string of the molecule is CC(C)CN(CCO)Oc1ccc(Sc2ccc(Cl)cc2)cc1.Cl. The Morgan fingerprint density at radius 1 is 1.04 bits per heavy atom. The van der Waals surface area contributed by atoms with Crippen LogP contribution in [0.25, 0.3) is 0 Å². The van der Waals surface area contributed by atoms with Crippen LogP contribution in [0, 0.1) is 5.92 Å². The number of aliphatic hydroxyl groups is 1. The smallest absolute Gasteiger partial charge is 0.147 e. The van der Waals surface area contributed by atoms with Crippen LogP contribution in [0.1, 0.15) is 13.8 Å². The number of benzene rings is 2. The van der Waals surface area contributed by atoms with Gasteiger partial charge in [-0.1, -0.05) is 37.2 Å². The van der Waals surface area contributed by atoms with E-state index in [9.17, 15) is 0 Å². The molecule has 24 heavy (non-hydrogen) atoms. The van der Waals surface area contributed by atoms with Crippen molar-refractivity contribution in [3.8, 4) is 5.75 Å². The Bertz CT molecular complexity index is 591. The number of halogens is 2. The van der Waals surface area contributed by atoms with E-state index in [1.165, 1.54) is 0 Å². The van der Waals surface area contributed by atoms with E-state index in [2.05, 4.69) is 13.8 Å². The van der Waals surface area contributed by atoms with E-state index in [4.69, 9.17) is 21.5 Å². The highest BCUT2D eigenvalue weighted by atomic mass is 35.5. The maximum Gasteiger partial charge on any atom is 0.147 e. The minimum Gasteiger partial charge on any atom is -0.406 e. The van der Waals surface area contributed by atoms with Gasteiger partial charge < -0.3 is 9.94 Å². The normalized spacial score (nSPS) is 10.8. The van der Waals surface area contributed by atoms with Gasteiger partial charge in [-0.25, -0.2) is 0 Å². The second kappa shape index (κ2) is 10.9. The van der Waals surface area contributed by atoms with E-state index in [0.717, 1.165) is 27.1 Å². The van der Waals surface area contributed by atoms with Gasteiger partial charge in [0.05, 0.1) is 13.2 Å². The first-order chi connectivity index (χ1) is 11.1. The number of rotatable bonds is 8. The molecule has 0 spiro atoms. The number of hydrogen-bond acceptors (Lipinski definition) is 4. The zero-order chi connectivity index (χ0) is 16.7.